The molecule has 2 saturated heterocycles. The number of guanidine groups is 1. The second kappa shape index (κ2) is 6.55. The molecule has 0 aromatic heterocycles. The SMILES string of the molecule is CN=C(NCCN1CCCCC1C)N1CCC2(CCC2)C1. The summed E-state index contributed by atoms with van der Waals surface area (Å²) >= 11 is 0. The van der Waals surface area contributed by atoms with Crippen LogP contribution in [0, 0.1) is 5.41 Å². The standard InChI is InChI=1S/C17H32N4/c1-15-6-3-4-11-20(15)13-10-19-16(18-2)21-12-9-17(14-21)7-5-8-17/h15H,3-14H2,1-2H3,(H,18,19). The monoisotopic (exact) mass is 292 g/mol. The van der Waals surface area contributed by atoms with Crippen molar-refractivity contribution in [3.8, 4) is 0 Å². The first-order chi connectivity index (χ1) is 10.2. The number of likely N-dealkylation sites (tertiary alicyclic amines) is 2. The number of piperidine rings is 1. The van der Waals surface area contributed by atoms with Crippen molar-refractivity contribution in [3.05, 3.63) is 0 Å². The molecule has 21 heavy (non-hydrogen) atoms. The Balaban J connectivity index is 1.43. The van der Waals surface area contributed by atoms with Crippen LogP contribution in [0.4, 0.5) is 0 Å². The molecule has 3 aliphatic rings. The lowest BCUT2D eigenvalue weighted by Gasteiger charge is -2.38. The minimum atomic E-state index is 0.652. The molecule has 0 radical (unpaired) electrons. The van der Waals surface area contributed by atoms with Crippen molar-refractivity contribution < 1.29 is 0 Å². The minimum Gasteiger partial charge on any atom is -0.355 e. The van der Waals surface area contributed by atoms with Gasteiger partial charge >= 0.3 is 0 Å². The van der Waals surface area contributed by atoms with E-state index in [9.17, 15) is 0 Å². The molecule has 1 N–H and O–H groups in total. The van der Waals surface area contributed by atoms with Gasteiger partial charge in [-0.3, -0.25) is 9.89 Å². The van der Waals surface area contributed by atoms with Crippen LogP contribution >= 0.6 is 0 Å². The lowest BCUT2D eigenvalue weighted by atomic mass is 9.68. The highest BCUT2D eigenvalue weighted by Crippen LogP contribution is 2.47. The molecule has 120 valence electrons. The summed E-state index contributed by atoms with van der Waals surface area (Å²) in [6.45, 7) is 8.25. The fourth-order valence-electron chi connectivity index (χ4n) is 4.33. The number of hydrogen-bond acceptors (Lipinski definition) is 2. The minimum absolute atomic E-state index is 0.652. The third-order valence-corrected chi connectivity index (χ3v) is 5.99. The molecule has 3 rings (SSSR count). The van der Waals surface area contributed by atoms with Gasteiger partial charge in [0.25, 0.3) is 0 Å². The molecule has 0 aromatic rings. The summed E-state index contributed by atoms with van der Waals surface area (Å²) in [6.07, 6.45) is 9.82. The number of nitrogens with zero attached hydrogens (tertiary/aromatic N) is 3. The van der Waals surface area contributed by atoms with E-state index in [0.29, 0.717) is 5.41 Å². The molecule has 0 bridgehead atoms. The number of hydrogen-bond donors (Lipinski definition) is 1. The molecule has 2 aliphatic heterocycles. The first kappa shape index (κ1) is 15.1. The van der Waals surface area contributed by atoms with Crippen molar-refractivity contribution in [1.29, 1.82) is 0 Å². The van der Waals surface area contributed by atoms with E-state index in [-0.39, 0.29) is 0 Å². The van der Waals surface area contributed by atoms with E-state index in [1.165, 1.54) is 64.6 Å². The highest BCUT2D eigenvalue weighted by molar-refractivity contribution is 5.80. The number of nitrogens with one attached hydrogen (secondary N) is 1. The van der Waals surface area contributed by atoms with Gasteiger partial charge in [0.05, 0.1) is 0 Å². The van der Waals surface area contributed by atoms with Crippen LogP contribution in [-0.2, 0) is 0 Å². The van der Waals surface area contributed by atoms with Crippen LogP contribution in [0.25, 0.3) is 0 Å². The smallest absolute Gasteiger partial charge is 0.193 e. The average molecular weight is 292 g/mol. The Kier molecular flexibility index (Phi) is 4.72. The summed E-state index contributed by atoms with van der Waals surface area (Å²) in [6, 6.07) is 0.757. The molecule has 1 saturated carbocycles. The normalized spacial score (nSPS) is 29.7. The average Bonchev–Trinajstić information content (AvgIpc) is 2.91. The molecule has 1 atom stereocenters. The van der Waals surface area contributed by atoms with Gasteiger partial charge in [0.2, 0.25) is 0 Å². The van der Waals surface area contributed by atoms with E-state index < -0.39 is 0 Å². The van der Waals surface area contributed by atoms with Gasteiger partial charge in [0.1, 0.15) is 0 Å². The Bertz CT molecular complexity index is 375. The molecule has 1 unspecified atom stereocenters. The Labute approximate surface area is 130 Å². The molecule has 1 aliphatic carbocycles. The largest absolute Gasteiger partial charge is 0.355 e. The molecule has 0 aromatic carbocycles. The van der Waals surface area contributed by atoms with E-state index in [1.807, 2.05) is 7.05 Å². The lowest BCUT2D eigenvalue weighted by molar-refractivity contribution is 0.151. The Hall–Kier alpha value is -0.770. The quantitative estimate of drug-likeness (QED) is 0.640. The maximum absolute atomic E-state index is 4.51. The molecule has 4 nitrogen and oxygen atoms in total. The maximum atomic E-state index is 4.51. The fraction of sp³-hybridized carbons (Fsp3) is 0.941. The highest BCUT2D eigenvalue weighted by Gasteiger charge is 2.43. The van der Waals surface area contributed by atoms with E-state index in [2.05, 4.69) is 27.0 Å². The van der Waals surface area contributed by atoms with Crippen molar-refractivity contribution >= 4 is 5.96 Å². The molecule has 2 heterocycles. The van der Waals surface area contributed by atoms with Crippen molar-refractivity contribution in [1.82, 2.24) is 15.1 Å². The van der Waals surface area contributed by atoms with Crippen molar-refractivity contribution in [2.75, 3.05) is 39.8 Å². The Morgan fingerprint density at radius 2 is 2.05 bits per heavy atom. The Morgan fingerprint density at radius 1 is 1.19 bits per heavy atom. The van der Waals surface area contributed by atoms with Gasteiger partial charge < -0.3 is 10.2 Å². The molecule has 4 heteroatoms. The van der Waals surface area contributed by atoms with E-state index in [4.69, 9.17) is 0 Å². The summed E-state index contributed by atoms with van der Waals surface area (Å²) in [4.78, 5) is 9.62. The van der Waals surface area contributed by atoms with Gasteiger partial charge in [-0.1, -0.05) is 12.8 Å². The number of aliphatic imine (C=N–C) groups is 1. The topological polar surface area (TPSA) is 30.9 Å². The zero-order valence-corrected chi connectivity index (χ0v) is 13.9. The van der Waals surface area contributed by atoms with E-state index >= 15 is 0 Å². The summed E-state index contributed by atoms with van der Waals surface area (Å²) in [5.41, 5.74) is 0.652. The molecular formula is C17H32N4. The third kappa shape index (κ3) is 3.36. The summed E-state index contributed by atoms with van der Waals surface area (Å²) in [5, 5.41) is 3.60. The van der Waals surface area contributed by atoms with Crippen LogP contribution in [-0.4, -0.2) is 61.6 Å². The maximum Gasteiger partial charge on any atom is 0.193 e. The van der Waals surface area contributed by atoms with E-state index in [0.717, 1.165) is 25.1 Å². The van der Waals surface area contributed by atoms with Crippen molar-refractivity contribution in [2.24, 2.45) is 10.4 Å². The molecule has 3 fully saturated rings. The zero-order chi connectivity index (χ0) is 14.7. The van der Waals surface area contributed by atoms with Gasteiger partial charge in [-0.2, -0.15) is 0 Å². The van der Waals surface area contributed by atoms with Gasteiger partial charge in [0.15, 0.2) is 5.96 Å². The lowest BCUT2D eigenvalue weighted by Crippen LogP contribution is -2.46. The first-order valence-electron chi connectivity index (χ1n) is 8.92. The summed E-state index contributed by atoms with van der Waals surface area (Å²) < 4.78 is 0. The Morgan fingerprint density at radius 3 is 2.67 bits per heavy atom. The second-order valence-corrected chi connectivity index (χ2v) is 7.38. The zero-order valence-electron chi connectivity index (χ0n) is 13.9. The summed E-state index contributed by atoms with van der Waals surface area (Å²) in [7, 11) is 1.93. The number of rotatable bonds is 3. The predicted molar refractivity (Wildman–Crippen MR) is 88.7 cm³/mol. The van der Waals surface area contributed by atoms with E-state index in [1.54, 1.807) is 0 Å². The molecule has 1 spiro atoms. The van der Waals surface area contributed by atoms with Crippen LogP contribution in [0.1, 0.15) is 51.9 Å². The van der Waals surface area contributed by atoms with Crippen LogP contribution in [0.3, 0.4) is 0 Å². The van der Waals surface area contributed by atoms with Gasteiger partial charge in [-0.15, -0.1) is 0 Å². The van der Waals surface area contributed by atoms with Crippen LogP contribution in [0.15, 0.2) is 4.99 Å². The van der Waals surface area contributed by atoms with Crippen LogP contribution in [0.5, 0.6) is 0 Å². The van der Waals surface area contributed by atoms with Crippen LogP contribution < -0.4 is 5.32 Å². The molecule has 0 amide bonds. The van der Waals surface area contributed by atoms with Crippen LogP contribution in [0.2, 0.25) is 0 Å². The van der Waals surface area contributed by atoms with Crippen molar-refractivity contribution in [3.63, 3.8) is 0 Å². The fourth-order valence-corrected chi connectivity index (χ4v) is 4.33. The first-order valence-corrected chi connectivity index (χ1v) is 8.92. The van der Waals surface area contributed by atoms with Gasteiger partial charge in [-0.25, -0.2) is 0 Å². The van der Waals surface area contributed by atoms with Gasteiger partial charge in [0, 0.05) is 39.3 Å². The van der Waals surface area contributed by atoms with Crippen molar-refractivity contribution in [2.45, 2.75) is 57.9 Å². The second-order valence-electron chi connectivity index (χ2n) is 7.38. The molecular weight excluding hydrogens is 260 g/mol. The predicted octanol–water partition coefficient (Wildman–Crippen LogP) is 2.31. The van der Waals surface area contributed by atoms with Gasteiger partial charge in [-0.05, 0) is 51.0 Å². The summed E-state index contributed by atoms with van der Waals surface area (Å²) in [5.74, 6) is 1.13. The highest BCUT2D eigenvalue weighted by atomic mass is 15.3. The third-order valence-electron chi connectivity index (χ3n) is 5.99.